The summed E-state index contributed by atoms with van der Waals surface area (Å²) >= 11 is 2.78. The van der Waals surface area contributed by atoms with Crippen LogP contribution in [0.2, 0.25) is 0 Å². The Bertz CT molecular complexity index is 2310. The van der Waals surface area contributed by atoms with Crippen LogP contribution in [0.4, 0.5) is 11.6 Å². The van der Waals surface area contributed by atoms with Crippen LogP contribution in [0.15, 0.2) is 84.1 Å². The van der Waals surface area contributed by atoms with Crippen molar-refractivity contribution >= 4 is 52.0 Å². The van der Waals surface area contributed by atoms with E-state index >= 15 is 4.79 Å². The summed E-state index contributed by atoms with van der Waals surface area (Å²) < 4.78 is 0. The fraction of sp³-hybridized carbons (Fsp3) is 0.341. The number of carbonyl (C=O) groups is 3. The molecular formula is C41H45N15O3S2. The summed E-state index contributed by atoms with van der Waals surface area (Å²) in [6.07, 6.45) is 6.32. The van der Waals surface area contributed by atoms with Gasteiger partial charge >= 0.3 is 0 Å². The van der Waals surface area contributed by atoms with Gasteiger partial charge in [-0.3, -0.25) is 39.1 Å². The Kier molecular flexibility index (Phi) is 12.8. The van der Waals surface area contributed by atoms with E-state index in [1.807, 2.05) is 46.5 Å². The van der Waals surface area contributed by atoms with E-state index in [9.17, 15) is 9.59 Å². The van der Waals surface area contributed by atoms with E-state index in [1.165, 1.54) is 27.6 Å². The van der Waals surface area contributed by atoms with Crippen molar-refractivity contribution in [2.45, 2.75) is 32.0 Å². The second-order valence-electron chi connectivity index (χ2n) is 14.8. The van der Waals surface area contributed by atoms with E-state index in [1.54, 1.807) is 61.2 Å². The number of thiazole rings is 2. The molecule has 8 rings (SSSR count). The number of primary amides is 1. The molecule has 2 fully saturated rings. The lowest BCUT2D eigenvalue weighted by Crippen LogP contribution is -2.74. The third kappa shape index (κ3) is 9.33. The number of nitrogens with one attached hydrogen (secondary N) is 2. The molecule has 18 nitrogen and oxygen atoms in total. The van der Waals surface area contributed by atoms with Gasteiger partial charge in [0, 0.05) is 106 Å². The smallest absolute Gasteiger partial charge is 0.270 e. The maximum atomic E-state index is 16.5. The van der Waals surface area contributed by atoms with E-state index in [2.05, 4.69) is 35.5 Å². The van der Waals surface area contributed by atoms with Crippen molar-refractivity contribution in [3.05, 3.63) is 84.1 Å². The van der Waals surface area contributed by atoms with E-state index in [-0.39, 0.29) is 48.2 Å². The number of nitrogens with two attached hydrogens (primary N) is 1. The molecule has 0 saturated carbocycles. The highest BCUT2D eigenvalue weighted by Crippen LogP contribution is 2.38. The number of amides is 3. The Hall–Kier alpha value is -6.03. The highest BCUT2D eigenvalue weighted by atomic mass is 32.1. The van der Waals surface area contributed by atoms with Crippen LogP contribution in [0.25, 0.3) is 44.4 Å². The molecule has 20 heteroatoms. The lowest BCUT2D eigenvalue weighted by molar-refractivity contribution is -0.156. The third-order valence-electron chi connectivity index (χ3n) is 10.3. The van der Waals surface area contributed by atoms with Crippen molar-refractivity contribution in [1.82, 2.24) is 65.2 Å². The average molecular weight is 860 g/mol. The fourth-order valence-corrected chi connectivity index (χ4v) is 8.83. The molecule has 0 spiro atoms. The molecule has 2 saturated heterocycles. The Balaban J connectivity index is 1.35. The summed E-state index contributed by atoms with van der Waals surface area (Å²) in [5.41, 5.74) is 6.42. The predicted octanol–water partition coefficient (Wildman–Crippen LogP) is 2.92. The van der Waals surface area contributed by atoms with Gasteiger partial charge in [-0.05, 0) is 38.1 Å². The minimum Gasteiger partial charge on any atom is -0.370 e. The van der Waals surface area contributed by atoms with Crippen LogP contribution in [0.1, 0.15) is 20.3 Å². The number of aromatic nitrogens is 8. The quantitative estimate of drug-likeness (QED) is 0.144. The van der Waals surface area contributed by atoms with Gasteiger partial charge in [-0.25, -0.2) is 34.8 Å². The number of hydrogen-bond acceptors (Lipinski definition) is 17. The number of piperazine rings is 2. The van der Waals surface area contributed by atoms with Crippen LogP contribution in [-0.2, 0) is 14.4 Å². The van der Waals surface area contributed by atoms with E-state index < -0.39 is 17.5 Å². The van der Waals surface area contributed by atoms with Crippen LogP contribution < -0.4 is 21.3 Å². The first-order valence-electron chi connectivity index (χ1n) is 19.9. The van der Waals surface area contributed by atoms with Crippen molar-refractivity contribution in [1.29, 1.82) is 0 Å². The molecule has 6 aromatic rings. The van der Waals surface area contributed by atoms with Crippen LogP contribution in [0.5, 0.6) is 0 Å². The zero-order chi connectivity index (χ0) is 42.3. The van der Waals surface area contributed by atoms with Crippen molar-refractivity contribution < 1.29 is 14.4 Å². The highest BCUT2D eigenvalue weighted by Gasteiger charge is 2.54. The topological polar surface area (TPSA) is 217 Å². The molecule has 1 atom stereocenters. The standard InChI is InChI=1S/C41H45N15O3S2/c1-27(2)48-35(58)26-53-17-19-55(20-18-53)41(25-32(42)57,54-15-11-43-12-16-54)40(59)56(33-23-30(38-46-13-21-60-38)49-36(51-33)28-7-3-5-9-44-28)34-24-31(39-47-14-22-61-39)50-37(52-34)29-8-4-6-10-45-29/h3-10,13-14,21-24,27,43H,11-12,15-20,25-26H2,1-2H3,(H2,42,57)(H,48,58). The molecule has 2 aliphatic heterocycles. The Labute approximate surface area is 360 Å². The molecular weight excluding hydrogens is 815 g/mol. The Morgan fingerprint density at radius 1 is 0.738 bits per heavy atom. The zero-order valence-corrected chi connectivity index (χ0v) is 35.3. The second kappa shape index (κ2) is 18.7. The van der Waals surface area contributed by atoms with E-state index in [0.29, 0.717) is 85.1 Å². The normalized spacial score (nSPS) is 16.2. The van der Waals surface area contributed by atoms with Gasteiger partial charge in [-0.1, -0.05) is 12.1 Å². The predicted molar refractivity (Wildman–Crippen MR) is 232 cm³/mol. The van der Waals surface area contributed by atoms with Crippen molar-refractivity contribution in [3.63, 3.8) is 0 Å². The highest BCUT2D eigenvalue weighted by molar-refractivity contribution is 7.13. The average Bonchev–Trinajstić information content (AvgIpc) is 4.03. The van der Waals surface area contributed by atoms with Gasteiger partial charge in [-0.15, -0.1) is 22.7 Å². The lowest BCUT2D eigenvalue weighted by Gasteiger charge is -2.53. The molecule has 0 aliphatic carbocycles. The first kappa shape index (κ1) is 41.7. The minimum absolute atomic E-state index is 0.000478. The van der Waals surface area contributed by atoms with Crippen molar-refractivity contribution in [3.8, 4) is 44.4 Å². The number of rotatable bonds is 14. The van der Waals surface area contributed by atoms with Crippen molar-refractivity contribution in [2.24, 2.45) is 5.73 Å². The molecule has 4 N–H and O–H groups in total. The van der Waals surface area contributed by atoms with Crippen LogP contribution in [-0.4, -0.2) is 143 Å². The molecule has 6 aromatic heterocycles. The second-order valence-corrected chi connectivity index (χ2v) is 16.6. The van der Waals surface area contributed by atoms with Crippen LogP contribution in [0, 0.1) is 0 Å². The molecule has 1 unspecified atom stereocenters. The van der Waals surface area contributed by atoms with E-state index in [0.717, 1.165) is 0 Å². The summed E-state index contributed by atoms with van der Waals surface area (Å²) in [6.45, 7) is 7.69. The number of pyridine rings is 2. The van der Waals surface area contributed by atoms with Gasteiger partial charge in [0.2, 0.25) is 11.8 Å². The number of carbonyl (C=O) groups excluding carboxylic acids is 3. The van der Waals surface area contributed by atoms with Crippen LogP contribution >= 0.6 is 22.7 Å². The largest absolute Gasteiger partial charge is 0.370 e. The molecule has 314 valence electrons. The zero-order valence-electron chi connectivity index (χ0n) is 33.7. The number of nitrogens with zero attached hydrogens (tertiary/aromatic N) is 12. The SMILES string of the molecule is CC(C)NC(=O)CN1CCN(C(CC(N)=O)(C(=O)N(c2cc(-c3nccs3)nc(-c3ccccn3)n2)c2cc(-c3nccs3)nc(-c3ccccn3)n2)N2CCNCC2)CC1. The van der Waals surface area contributed by atoms with Gasteiger partial charge in [0.05, 0.1) is 13.0 Å². The third-order valence-corrected chi connectivity index (χ3v) is 11.9. The first-order valence-corrected chi connectivity index (χ1v) is 21.7. The summed E-state index contributed by atoms with van der Waals surface area (Å²) in [7, 11) is 0. The molecule has 2 aliphatic rings. The summed E-state index contributed by atoms with van der Waals surface area (Å²) in [6, 6.07) is 14.3. The van der Waals surface area contributed by atoms with Gasteiger partial charge in [-0.2, -0.15) is 0 Å². The van der Waals surface area contributed by atoms with Gasteiger partial charge < -0.3 is 16.4 Å². The lowest BCUT2D eigenvalue weighted by atomic mass is 9.95. The monoisotopic (exact) mass is 859 g/mol. The Morgan fingerprint density at radius 2 is 1.28 bits per heavy atom. The number of anilines is 2. The minimum atomic E-state index is -1.63. The molecule has 0 bridgehead atoms. The molecule has 61 heavy (non-hydrogen) atoms. The summed E-state index contributed by atoms with van der Waals surface area (Å²) in [4.78, 5) is 88.6. The van der Waals surface area contributed by atoms with Crippen LogP contribution in [0.3, 0.4) is 0 Å². The maximum absolute atomic E-state index is 16.5. The first-order chi connectivity index (χ1) is 29.7. The van der Waals surface area contributed by atoms with Gasteiger partial charge in [0.15, 0.2) is 17.3 Å². The van der Waals surface area contributed by atoms with E-state index in [4.69, 9.17) is 25.7 Å². The molecule has 3 amide bonds. The fourth-order valence-electron chi connectivity index (χ4n) is 7.63. The number of hydrogen-bond donors (Lipinski definition) is 3. The van der Waals surface area contributed by atoms with Crippen molar-refractivity contribution in [2.75, 3.05) is 63.8 Å². The van der Waals surface area contributed by atoms with Gasteiger partial charge in [0.25, 0.3) is 5.91 Å². The Morgan fingerprint density at radius 3 is 1.74 bits per heavy atom. The van der Waals surface area contributed by atoms with Gasteiger partial charge in [0.1, 0.15) is 44.4 Å². The summed E-state index contributed by atoms with van der Waals surface area (Å²) in [5, 5.41) is 11.2. The maximum Gasteiger partial charge on any atom is 0.270 e. The molecule has 0 radical (unpaired) electrons. The summed E-state index contributed by atoms with van der Waals surface area (Å²) in [5.74, 6) is -0.434. The molecule has 8 heterocycles. The molecule has 0 aromatic carbocycles.